The van der Waals surface area contributed by atoms with Gasteiger partial charge in [0.25, 0.3) is 0 Å². The van der Waals surface area contributed by atoms with E-state index in [0.29, 0.717) is 0 Å². The lowest BCUT2D eigenvalue weighted by molar-refractivity contribution is -0.119. The van der Waals surface area contributed by atoms with Crippen molar-refractivity contribution in [3.63, 3.8) is 0 Å². The van der Waals surface area contributed by atoms with Crippen LogP contribution in [0.4, 0.5) is 4.79 Å². The van der Waals surface area contributed by atoms with E-state index in [9.17, 15) is 9.59 Å². The van der Waals surface area contributed by atoms with E-state index < -0.39 is 6.03 Å². The number of urea groups is 1. The summed E-state index contributed by atoms with van der Waals surface area (Å²) >= 11 is 6.94. The number of hydrogen-bond acceptors (Lipinski definition) is 4. The first kappa shape index (κ1) is 14.9. The minimum Gasteiger partial charge on any atom is -0.330 e. The molecule has 100 valence electrons. The van der Waals surface area contributed by atoms with Crippen molar-refractivity contribution in [2.24, 2.45) is 0 Å². The molecule has 1 rings (SSSR count). The van der Waals surface area contributed by atoms with Crippen molar-refractivity contribution in [3.8, 4) is 0 Å². The fourth-order valence-corrected chi connectivity index (χ4v) is 2.62. The van der Waals surface area contributed by atoms with Crippen LogP contribution in [-0.4, -0.2) is 22.8 Å². The van der Waals surface area contributed by atoms with Gasteiger partial charge in [-0.05, 0) is 20.8 Å². The van der Waals surface area contributed by atoms with E-state index >= 15 is 0 Å². The second-order valence-electron chi connectivity index (χ2n) is 3.86. The first-order valence-electron chi connectivity index (χ1n) is 5.54. The minimum atomic E-state index is -0.511. The number of carbonyl (C=O) groups is 2. The maximum Gasteiger partial charge on any atom is 0.321 e. The number of hydrogen-bond donors (Lipinski definition) is 2. The van der Waals surface area contributed by atoms with Gasteiger partial charge in [-0.25, -0.2) is 9.78 Å². The zero-order valence-electron chi connectivity index (χ0n) is 10.5. The van der Waals surface area contributed by atoms with Crippen molar-refractivity contribution in [1.82, 2.24) is 15.6 Å². The molecule has 5 nitrogen and oxygen atoms in total. The standard InChI is InChI=1S/C11H16ClN3O2S/c1-6-10(18-8(3)13-6)7(2)14-11(17)15-9(16)4-5-12/h7H,4-5H2,1-3H3,(H2,14,15,16,17). The summed E-state index contributed by atoms with van der Waals surface area (Å²) < 4.78 is 0. The van der Waals surface area contributed by atoms with Gasteiger partial charge in [-0.15, -0.1) is 22.9 Å². The molecule has 0 radical (unpaired) electrons. The van der Waals surface area contributed by atoms with Gasteiger partial charge in [-0.1, -0.05) is 0 Å². The van der Waals surface area contributed by atoms with Gasteiger partial charge in [0.05, 0.1) is 16.7 Å². The molecule has 1 aromatic heterocycles. The van der Waals surface area contributed by atoms with Crippen LogP contribution in [0.2, 0.25) is 0 Å². The highest BCUT2D eigenvalue weighted by Gasteiger charge is 2.16. The maximum atomic E-state index is 11.5. The summed E-state index contributed by atoms with van der Waals surface area (Å²) in [6.45, 7) is 5.66. The number of nitrogens with one attached hydrogen (secondary N) is 2. The van der Waals surface area contributed by atoms with Crippen molar-refractivity contribution in [2.75, 3.05) is 5.88 Å². The summed E-state index contributed by atoms with van der Waals surface area (Å²) in [4.78, 5) is 28.0. The van der Waals surface area contributed by atoms with E-state index in [-0.39, 0.29) is 24.2 Å². The Kier molecular flexibility index (Phi) is 5.55. The smallest absolute Gasteiger partial charge is 0.321 e. The van der Waals surface area contributed by atoms with Crippen molar-refractivity contribution in [2.45, 2.75) is 33.2 Å². The summed E-state index contributed by atoms with van der Waals surface area (Å²) in [5.74, 6) is -0.186. The van der Waals surface area contributed by atoms with Gasteiger partial charge in [0.1, 0.15) is 0 Å². The number of nitrogens with zero attached hydrogens (tertiary/aromatic N) is 1. The van der Waals surface area contributed by atoms with Gasteiger partial charge in [0.2, 0.25) is 5.91 Å². The molecule has 7 heteroatoms. The molecule has 0 saturated heterocycles. The predicted octanol–water partition coefficient (Wildman–Crippen LogP) is 2.28. The van der Waals surface area contributed by atoms with E-state index in [1.165, 1.54) is 11.3 Å². The zero-order valence-corrected chi connectivity index (χ0v) is 12.1. The Bertz CT molecular complexity index is 447. The van der Waals surface area contributed by atoms with E-state index in [1.54, 1.807) is 0 Å². The van der Waals surface area contributed by atoms with Crippen molar-refractivity contribution in [1.29, 1.82) is 0 Å². The van der Waals surface area contributed by atoms with Crippen LogP contribution >= 0.6 is 22.9 Å². The van der Waals surface area contributed by atoms with Crippen molar-refractivity contribution < 1.29 is 9.59 Å². The number of alkyl halides is 1. The lowest BCUT2D eigenvalue weighted by Crippen LogP contribution is -2.40. The Balaban J connectivity index is 2.54. The van der Waals surface area contributed by atoms with Gasteiger partial charge in [-0.3, -0.25) is 10.1 Å². The monoisotopic (exact) mass is 289 g/mol. The Hall–Kier alpha value is -1.14. The Morgan fingerprint density at radius 2 is 2.11 bits per heavy atom. The molecule has 0 aliphatic heterocycles. The topological polar surface area (TPSA) is 71.1 Å². The highest BCUT2D eigenvalue weighted by atomic mass is 35.5. The second-order valence-corrected chi connectivity index (χ2v) is 5.48. The molecule has 0 aliphatic carbocycles. The molecule has 1 unspecified atom stereocenters. The molecule has 0 aliphatic rings. The number of rotatable bonds is 4. The molecule has 0 saturated carbocycles. The van der Waals surface area contributed by atoms with E-state index in [2.05, 4.69) is 15.6 Å². The zero-order chi connectivity index (χ0) is 13.7. The number of thiazole rings is 1. The number of imide groups is 1. The molecule has 0 bridgehead atoms. The number of halogens is 1. The average molecular weight is 290 g/mol. The molecule has 0 fully saturated rings. The Labute approximate surface area is 115 Å². The molecule has 1 atom stereocenters. The van der Waals surface area contributed by atoms with Crippen LogP contribution in [0.15, 0.2) is 0 Å². The molecule has 3 amide bonds. The lowest BCUT2D eigenvalue weighted by Gasteiger charge is -2.13. The molecule has 1 aromatic rings. The van der Waals surface area contributed by atoms with Crippen LogP contribution in [0, 0.1) is 13.8 Å². The van der Waals surface area contributed by atoms with Crippen LogP contribution in [0.5, 0.6) is 0 Å². The largest absolute Gasteiger partial charge is 0.330 e. The van der Waals surface area contributed by atoms with Crippen molar-refractivity contribution in [3.05, 3.63) is 15.6 Å². The summed E-state index contributed by atoms with van der Waals surface area (Å²) in [5.41, 5.74) is 0.900. The summed E-state index contributed by atoms with van der Waals surface area (Å²) in [6.07, 6.45) is 0.127. The third-order valence-corrected chi connectivity index (χ3v) is 3.70. The van der Waals surface area contributed by atoms with Gasteiger partial charge in [0, 0.05) is 17.2 Å². The molecule has 0 aromatic carbocycles. The second kappa shape index (κ2) is 6.70. The van der Waals surface area contributed by atoms with Crippen LogP contribution in [-0.2, 0) is 4.79 Å². The predicted molar refractivity (Wildman–Crippen MR) is 72.0 cm³/mol. The van der Waals surface area contributed by atoms with Gasteiger partial charge in [0.15, 0.2) is 0 Å². The summed E-state index contributed by atoms with van der Waals surface area (Å²) in [6, 6.07) is -0.692. The highest BCUT2D eigenvalue weighted by Crippen LogP contribution is 2.24. The lowest BCUT2D eigenvalue weighted by atomic mass is 10.2. The highest BCUT2D eigenvalue weighted by molar-refractivity contribution is 7.11. The average Bonchev–Trinajstić information content (AvgIpc) is 2.57. The van der Waals surface area contributed by atoms with Crippen LogP contribution in [0.3, 0.4) is 0 Å². The molecule has 0 spiro atoms. The van der Waals surface area contributed by atoms with Crippen LogP contribution < -0.4 is 10.6 Å². The maximum absolute atomic E-state index is 11.5. The first-order chi connectivity index (χ1) is 8.43. The van der Waals surface area contributed by atoms with Gasteiger partial charge < -0.3 is 5.32 Å². The Morgan fingerprint density at radius 3 is 2.61 bits per heavy atom. The minimum absolute atomic E-state index is 0.127. The van der Waals surface area contributed by atoms with Crippen molar-refractivity contribution >= 4 is 34.9 Å². The molecule has 2 N–H and O–H groups in total. The number of aryl methyl sites for hydroxylation is 2. The van der Waals surface area contributed by atoms with E-state index in [0.717, 1.165) is 15.6 Å². The summed E-state index contributed by atoms with van der Waals surface area (Å²) in [7, 11) is 0. The fraction of sp³-hybridized carbons (Fsp3) is 0.545. The van der Waals surface area contributed by atoms with Gasteiger partial charge in [-0.2, -0.15) is 0 Å². The van der Waals surface area contributed by atoms with E-state index in [1.807, 2.05) is 20.8 Å². The first-order valence-corrected chi connectivity index (χ1v) is 6.89. The quantitative estimate of drug-likeness (QED) is 0.835. The number of aromatic nitrogens is 1. The SMILES string of the molecule is Cc1nc(C)c(C(C)NC(=O)NC(=O)CCCl)s1. The third-order valence-electron chi connectivity index (χ3n) is 2.25. The normalized spacial score (nSPS) is 12.0. The van der Waals surface area contributed by atoms with E-state index in [4.69, 9.17) is 11.6 Å². The van der Waals surface area contributed by atoms with Gasteiger partial charge >= 0.3 is 6.03 Å². The number of amides is 3. The molecule has 1 heterocycles. The molecular formula is C11H16ClN3O2S. The molecular weight excluding hydrogens is 274 g/mol. The molecule has 18 heavy (non-hydrogen) atoms. The Morgan fingerprint density at radius 1 is 1.44 bits per heavy atom. The summed E-state index contributed by atoms with van der Waals surface area (Å²) in [5, 5.41) is 5.87. The van der Waals surface area contributed by atoms with Crippen LogP contribution in [0.1, 0.15) is 35.0 Å². The third kappa shape index (κ3) is 4.27. The fourth-order valence-electron chi connectivity index (χ4n) is 1.52. The van der Waals surface area contributed by atoms with Crippen LogP contribution in [0.25, 0.3) is 0 Å². The number of carbonyl (C=O) groups excluding carboxylic acids is 2.